The minimum Gasteiger partial charge on any atom is -0.370 e. The van der Waals surface area contributed by atoms with Crippen molar-refractivity contribution in [1.82, 2.24) is 5.32 Å². The second-order valence-electron chi connectivity index (χ2n) is 7.84. The van der Waals surface area contributed by atoms with Gasteiger partial charge in [-0.3, -0.25) is 9.59 Å². The van der Waals surface area contributed by atoms with Crippen molar-refractivity contribution < 1.29 is 19.2 Å². The minimum absolute atomic E-state index is 0.182. The van der Waals surface area contributed by atoms with E-state index >= 15 is 0 Å². The van der Waals surface area contributed by atoms with Gasteiger partial charge in [-0.1, -0.05) is 38.1 Å². The molecule has 3 N–H and O–H groups in total. The minimum atomic E-state index is -0.223. The Labute approximate surface area is 172 Å². The van der Waals surface area contributed by atoms with Gasteiger partial charge < -0.3 is 20.3 Å². The fourth-order valence-corrected chi connectivity index (χ4v) is 3.28. The fraction of sp³-hybridized carbons (Fsp3) is 0.391. The van der Waals surface area contributed by atoms with E-state index < -0.39 is 0 Å². The summed E-state index contributed by atoms with van der Waals surface area (Å²) in [6.45, 7) is 9.24. The summed E-state index contributed by atoms with van der Waals surface area (Å²) < 4.78 is 5.40. The van der Waals surface area contributed by atoms with Crippen LogP contribution < -0.4 is 15.5 Å². The molecule has 154 valence electrons. The molecule has 6 nitrogen and oxygen atoms in total. The van der Waals surface area contributed by atoms with Gasteiger partial charge in [0.25, 0.3) is 11.8 Å². The molecule has 0 spiro atoms. The van der Waals surface area contributed by atoms with E-state index in [0.29, 0.717) is 29.3 Å². The van der Waals surface area contributed by atoms with Gasteiger partial charge in [0.05, 0.1) is 24.5 Å². The van der Waals surface area contributed by atoms with Crippen LogP contribution in [-0.2, 0) is 11.3 Å². The standard InChI is InChI=1S/C23H29N3O3/c1-17(2)15-24-23(28)20-5-3-4-6-21(20)25-22(27)19-9-7-18(8-10-19)16-26-11-13-29-14-12-26/h3-10,17H,11-16H2,1-2H3,(H,24,28)(H,25,27)/p+1. The molecule has 6 heteroatoms. The average Bonchev–Trinajstić information content (AvgIpc) is 2.73. The van der Waals surface area contributed by atoms with Gasteiger partial charge in [0.1, 0.15) is 19.6 Å². The van der Waals surface area contributed by atoms with Gasteiger partial charge in [-0.15, -0.1) is 0 Å². The van der Waals surface area contributed by atoms with E-state index in [4.69, 9.17) is 4.74 Å². The number of ether oxygens (including phenoxy) is 1. The Hall–Kier alpha value is -2.70. The highest BCUT2D eigenvalue weighted by molar-refractivity contribution is 6.09. The molecule has 1 heterocycles. The van der Waals surface area contributed by atoms with Gasteiger partial charge >= 0.3 is 0 Å². The van der Waals surface area contributed by atoms with Crippen molar-refractivity contribution in [2.24, 2.45) is 5.92 Å². The molecule has 0 bridgehead atoms. The van der Waals surface area contributed by atoms with E-state index in [9.17, 15) is 9.59 Å². The van der Waals surface area contributed by atoms with Gasteiger partial charge in [0.15, 0.2) is 0 Å². The van der Waals surface area contributed by atoms with Crippen molar-refractivity contribution in [1.29, 1.82) is 0 Å². The first-order valence-corrected chi connectivity index (χ1v) is 10.2. The van der Waals surface area contributed by atoms with Crippen LogP contribution in [-0.4, -0.2) is 44.7 Å². The quantitative estimate of drug-likeness (QED) is 0.668. The maximum atomic E-state index is 12.7. The van der Waals surface area contributed by atoms with Crippen LogP contribution in [0, 0.1) is 5.92 Å². The summed E-state index contributed by atoms with van der Waals surface area (Å²) in [7, 11) is 0. The summed E-state index contributed by atoms with van der Waals surface area (Å²) in [4.78, 5) is 26.6. The van der Waals surface area contributed by atoms with Crippen molar-refractivity contribution in [3.63, 3.8) is 0 Å². The van der Waals surface area contributed by atoms with E-state index in [1.54, 1.807) is 18.2 Å². The molecule has 2 aromatic rings. The van der Waals surface area contributed by atoms with Gasteiger partial charge in [-0.25, -0.2) is 0 Å². The number of carbonyl (C=O) groups excluding carboxylic acids is 2. The third-order valence-corrected chi connectivity index (χ3v) is 4.96. The highest BCUT2D eigenvalue weighted by atomic mass is 16.5. The molecule has 0 aromatic heterocycles. The van der Waals surface area contributed by atoms with Crippen LogP contribution in [0.5, 0.6) is 0 Å². The van der Waals surface area contributed by atoms with Gasteiger partial charge in [-0.05, 0) is 30.2 Å². The van der Waals surface area contributed by atoms with E-state index in [2.05, 4.69) is 10.6 Å². The van der Waals surface area contributed by atoms with Gasteiger partial charge in [0, 0.05) is 17.7 Å². The summed E-state index contributed by atoms with van der Waals surface area (Å²) >= 11 is 0. The number of carbonyl (C=O) groups is 2. The summed E-state index contributed by atoms with van der Waals surface area (Å²) in [5, 5.41) is 5.77. The van der Waals surface area contributed by atoms with Crippen LogP contribution in [0.4, 0.5) is 5.69 Å². The third kappa shape index (κ3) is 6.14. The lowest BCUT2D eigenvalue weighted by atomic mass is 10.1. The molecule has 0 aliphatic carbocycles. The monoisotopic (exact) mass is 396 g/mol. The number of nitrogens with one attached hydrogen (secondary N) is 3. The zero-order chi connectivity index (χ0) is 20.6. The number of benzene rings is 2. The van der Waals surface area contributed by atoms with Gasteiger partial charge in [-0.2, -0.15) is 0 Å². The zero-order valence-electron chi connectivity index (χ0n) is 17.2. The van der Waals surface area contributed by atoms with Crippen molar-refractivity contribution in [2.75, 3.05) is 38.2 Å². The second kappa shape index (κ2) is 10.2. The van der Waals surface area contributed by atoms with Crippen molar-refractivity contribution in [2.45, 2.75) is 20.4 Å². The number of quaternary nitrogens is 1. The molecule has 1 aliphatic rings. The molecule has 1 fully saturated rings. The lowest BCUT2D eigenvalue weighted by Crippen LogP contribution is -3.12. The first-order valence-electron chi connectivity index (χ1n) is 10.2. The summed E-state index contributed by atoms with van der Waals surface area (Å²) in [6, 6.07) is 14.7. The van der Waals surface area contributed by atoms with Crippen LogP contribution in [0.3, 0.4) is 0 Å². The Morgan fingerprint density at radius 1 is 1.00 bits per heavy atom. The highest BCUT2D eigenvalue weighted by Crippen LogP contribution is 2.17. The zero-order valence-corrected chi connectivity index (χ0v) is 17.2. The molecule has 0 saturated carbocycles. The second-order valence-corrected chi connectivity index (χ2v) is 7.84. The predicted octanol–water partition coefficient (Wildman–Crippen LogP) is 1.74. The molecule has 1 aliphatic heterocycles. The first kappa shape index (κ1) is 21.0. The Bertz CT molecular complexity index is 828. The molecule has 0 atom stereocenters. The Morgan fingerprint density at radius 3 is 2.38 bits per heavy atom. The molecular formula is C23H30N3O3+. The van der Waals surface area contributed by atoms with Crippen molar-refractivity contribution in [3.8, 4) is 0 Å². The van der Waals surface area contributed by atoms with Crippen molar-refractivity contribution in [3.05, 3.63) is 65.2 Å². The van der Waals surface area contributed by atoms with Crippen LogP contribution in [0.25, 0.3) is 0 Å². The normalized spacial score (nSPS) is 14.6. The maximum absolute atomic E-state index is 12.7. The average molecular weight is 397 g/mol. The number of para-hydroxylation sites is 1. The largest absolute Gasteiger partial charge is 0.370 e. The van der Waals surface area contributed by atoms with Crippen LogP contribution in [0.1, 0.15) is 40.1 Å². The van der Waals surface area contributed by atoms with E-state index in [-0.39, 0.29) is 11.8 Å². The number of rotatable bonds is 7. The van der Waals surface area contributed by atoms with Gasteiger partial charge in [0.2, 0.25) is 0 Å². The van der Waals surface area contributed by atoms with Crippen LogP contribution in [0.15, 0.2) is 48.5 Å². The number of morpholine rings is 1. The smallest absolute Gasteiger partial charge is 0.255 e. The SMILES string of the molecule is CC(C)CNC(=O)c1ccccc1NC(=O)c1ccc(C[NH+]2CCOCC2)cc1. The van der Waals surface area contributed by atoms with Crippen LogP contribution in [0.2, 0.25) is 0 Å². The van der Waals surface area contributed by atoms with Crippen molar-refractivity contribution >= 4 is 17.5 Å². The predicted molar refractivity (Wildman–Crippen MR) is 113 cm³/mol. The maximum Gasteiger partial charge on any atom is 0.255 e. The topological polar surface area (TPSA) is 71.9 Å². The lowest BCUT2D eigenvalue weighted by Gasteiger charge is -2.23. The molecule has 2 aromatic carbocycles. The molecule has 1 saturated heterocycles. The summed E-state index contributed by atoms with van der Waals surface area (Å²) in [6.07, 6.45) is 0. The lowest BCUT2D eigenvalue weighted by molar-refractivity contribution is -0.921. The fourth-order valence-electron chi connectivity index (χ4n) is 3.28. The van der Waals surface area contributed by atoms with E-state index in [1.165, 1.54) is 10.5 Å². The number of hydrogen-bond acceptors (Lipinski definition) is 3. The molecular weight excluding hydrogens is 366 g/mol. The Morgan fingerprint density at radius 2 is 1.69 bits per heavy atom. The highest BCUT2D eigenvalue weighted by Gasteiger charge is 2.16. The third-order valence-electron chi connectivity index (χ3n) is 4.96. The Kier molecular flexibility index (Phi) is 7.38. The summed E-state index contributed by atoms with van der Waals surface area (Å²) in [5.41, 5.74) is 2.75. The Balaban J connectivity index is 1.63. The molecule has 2 amide bonds. The molecule has 0 radical (unpaired) electrons. The molecule has 3 rings (SSSR count). The molecule has 29 heavy (non-hydrogen) atoms. The molecule has 0 unspecified atom stereocenters. The first-order chi connectivity index (χ1) is 14.0. The number of anilines is 1. The summed E-state index contributed by atoms with van der Waals surface area (Å²) in [5.74, 6) is -0.0451. The number of hydrogen-bond donors (Lipinski definition) is 3. The van der Waals surface area contributed by atoms with Crippen LogP contribution >= 0.6 is 0 Å². The van der Waals surface area contributed by atoms with E-state index in [1.807, 2.05) is 44.2 Å². The van der Waals surface area contributed by atoms with E-state index in [0.717, 1.165) is 32.8 Å². The number of amides is 2.